The number of nitrogens with one attached hydrogen (secondary N) is 1. The van der Waals surface area contributed by atoms with E-state index >= 15 is 0 Å². The van der Waals surface area contributed by atoms with Crippen LogP contribution in [0.15, 0.2) is 48.2 Å². The summed E-state index contributed by atoms with van der Waals surface area (Å²) >= 11 is 5.44. The van der Waals surface area contributed by atoms with Gasteiger partial charge in [0.05, 0.1) is 13.2 Å². The van der Waals surface area contributed by atoms with Crippen molar-refractivity contribution < 1.29 is 14.3 Å². The van der Waals surface area contributed by atoms with Gasteiger partial charge < -0.3 is 19.7 Å². The molecule has 0 aliphatic carbocycles. The summed E-state index contributed by atoms with van der Waals surface area (Å²) < 4.78 is 11.3. The molecule has 0 saturated carbocycles. The second kappa shape index (κ2) is 11.7. The molecule has 1 fully saturated rings. The van der Waals surface area contributed by atoms with E-state index < -0.39 is 0 Å². The molecule has 2 aromatic rings. The smallest absolute Gasteiger partial charge is 0.276 e. The summed E-state index contributed by atoms with van der Waals surface area (Å²) in [7, 11) is 0. The first kappa shape index (κ1) is 24.6. The third-order valence-corrected chi connectivity index (χ3v) is 5.85. The molecule has 3 rings (SSSR count). The van der Waals surface area contributed by atoms with Gasteiger partial charge in [-0.05, 0) is 87.8 Å². The summed E-state index contributed by atoms with van der Waals surface area (Å²) in [6.45, 7) is 11.7. The van der Waals surface area contributed by atoms with Crippen molar-refractivity contribution in [2.75, 3.05) is 37.7 Å². The quantitative estimate of drug-likeness (QED) is 0.384. The summed E-state index contributed by atoms with van der Waals surface area (Å²) in [6, 6.07) is 14.1. The van der Waals surface area contributed by atoms with Gasteiger partial charge in [0.15, 0.2) is 16.6 Å². The number of thiocarbonyl (C=S) groups is 1. The van der Waals surface area contributed by atoms with Crippen LogP contribution < -0.4 is 19.7 Å². The van der Waals surface area contributed by atoms with Crippen LogP contribution in [0.5, 0.6) is 11.5 Å². The third kappa shape index (κ3) is 6.05. The zero-order valence-electron chi connectivity index (χ0n) is 19.9. The van der Waals surface area contributed by atoms with E-state index in [1.807, 2.05) is 50.3 Å². The van der Waals surface area contributed by atoms with Gasteiger partial charge in [-0.1, -0.05) is 18.2 Å². The van der Waals surface area contributed by atoms with Gasteiger partial charge in [0, 0.05) is 25.3 Å². The van der Waals surface area contributed by atoms with Crippen LogP contribution in [0.1, 0.15) is 38.8 Å². The van der Waals surface area contributed by atoms with Crippen LogP contribution in [0.25, 0.3) is 6.08 Å². The number of hydrogen-bond acceptors (Lipinski definition) is 5. The number of rotatable bonds is 11. The van der Waals surface area contributed by atoms with Crippen LogP contribution in [-0.2, 0) is 11.2 Å². The number of carbonyl (C=O) groups excluding carboxylic acids is 1. The monoisotopic (exact) mass is 467 g/mol. The van der Waals surface area contributed by atoms with E-state index in [0.29, 0.717) is 37.0 Å². The van der Waals surface area contributed by atoms with Crippen LogP contribution in [0.3, 0.4) is 0 Å². The van der Waals surface area contributed by atoms with Crippen molar-refractivity contribution in [2.45, 2.75) is 34.1 Å². The minimum atomic E-state index is -0.108. The maximum absolute atomic E-state index is 13.0. The maximum atomic E-state index is 13.0. The molecule has 1 heterocycles. The summed E-state index contributed by atoms with van der Waals surface area (Å²) in [5, 5.41) is 3.50. The largest absolute Gasteiger partial charge is 0.490 e. The van der Waals surface area contributed by atoms with Crippen LogP contribution >= 0.6 is 12.2 Å². The lowest BCUT2D eigenvalue weighted by molar-refractivity contribution is -0.122. The fraction of sp³-hybridized carbons (Fsp3) is 0.385. The highest BCUT2D eigenvalue weighted by atomic mass is 32.1. The average molecular weight is 468 g/mol. The molecule has 0 bridgehead atoms. The second-order valence-electron chi connectivity index (χ2n) is 7.61. The van der Waals surface area contributed by atoms with E-state index in [1.165, 1.54) is 5.69 Å². The van der Waals surface area contributed by atoms with Gasteiger partial charge in [-0.2, -0.15) is 0 Å². The number of benzene rings is 2. The summed E-state index contributed by atoms with van der Waals surface area (Å²) in [4.78, 5) is 16.9. The third-order valence-electron chi connectivity index (χ3n) is 5.53. The Labute approximate surface area is 202 Å². The Morgan fingerprint density at radius 1 is 0.970 bits per heavy atom. The van der Waals surface area contributed by atoms with E-state index in [9.17, 15) is 4.79 Å². The van der Waals surface area contributed by atoms with E-state index in [-0.39, 0.29) is 5.91 Å². The molecule has 2 aromatic carbocycles. The number of anilines is 1. The van der Waals surface area contributed by atoms with Gasteiger partial charge in [0.25, 0.3) is 5.91 Å². The minimum absolute atomic E-state index is 0.108. The highest BCUT2D eigenvalue weighted by molar-refractivity contribution is 7.80. The summed E-state index contributed by atoms with van der Waals surface area (Å²) in [5.74, 6) is 1.34. The molecule has 1 aliphatic rings. The van der Waals surface area contributed by atoms with Crippen molar-refractivity contribution >= 4 is 35.0 Å². The number of amides is 1. The van der Waals surface area contributed by atoms with Crippen molar-refractivity contribution in [1.29, 1.82) is 0 Å². The molecule has 1 aliphatic heterocycles. The van der Waals surface area contributed by atoms with Crippen molar-refractivity contribution in [3.63, 3.8) is 0 Å². The number of carbonyl (C=O) groups is 1. The minimum Gasteiger partial charge on any atom is -0.490 e. The van der Waals surface area contributed by atoms with Gasteiger partial charge in [-0.25, -0.2) is 0 Å². The van der Waals surface area contributed by atoms with E-state index in [0.717, 1.165) is 35.7 Å². The molecule has 1 N–H and O–H groups in total. The Kier molecular flexibility index (Phi) is 8.72. The number of nitrogens with zero attached hydrogens (tertiary/aromatic N) is 2. The molecule has 0 aromatic heterocycles. The first-order valence-corrected chi connectivity index (χ1v) is 12.0. The van der Waals surface area contributed by atoms with Gasteiger partial charge >= 0.3 is 0 Å². The standard InChI is InChI=1S/C26H33N3O3S/c1-5-28(6-2)21-12-9-19(10-13-21)17-22-25(30)29(26(33)27-22)16-15-20-11-14-23(31-7-3)24(18-20)32-8-4/h9-14,17-18H,5-8,15-16H2,1-4H3,(H,27,33)/b22-17+. The van der Waals surface area contributed by atoms with Crippen molar-refractivity contribution in [1.82, 2.24) is 10.2 Å². The predicted octanol–water partition coefficient (Wildman–Crippen LogP) is 4.63. The molecule has 0 spiro atoms. The number of hydrogen-bond donors (Lipinski definition) is 1. The lowest BCUT2D eigenvalue weighted by Gasteiger charge is -2.20. The Morgan fingerprint density at radius 3 is 2.27 bits per heavy atom. The Morgan fingerprint density at radius 2 is 1.64 bits per heavy atom. The second-order valence-corrected chi connectivity index (χ2v) is 7.99. The predicted molar refractivity (Wildman–Crippen MR) is 138 cm³/mol. The fourth-order valence-corrected chi connectivity index (χ4v) is 4.09. The van der Waals surface area contributed by atoms with Gasteiger partial charge in [0.1, 0.15) is 5.70 Å². The van der Waals surface area contributed by atoms with Gasteiger partial charge in [-0.3, -0.25) is 9.69 Å². The van der Waals surface area contributed by atoms with Crippen molar-refractivity contribution in [2.24, 2.45) is 0 Å². The average Bonchev–Trinajstić information content (AvgIpc) is 3.08. The molecular weight excluding hydrogens is 434 g/mol. The van der Waals surface area contributed by atoms with Crippen molar-refractivity contribution in [3.8, 4) is 11.5 Å². The molecule has 0 unspecified atom stereocenters. The highest BCUT2D eigenvalue weighted by Gasteiger charge is 2.30. The van der Waals surface area contributed by atoms with E-state index in [2.05, 4.69) is 36.2 Å². The normalized spacial score (nSPS) is 14.5. The van der Waals surface area contributed by atoms with Crippen LogP contribution in [0.2, 0.25) is 0 Å². The van der Waals surface area contributed by atoms with E-state index in [1.54, 1.807) is 4.90 Å². The highest BCUT2D eigenvalue weighted by Crippen LogP contribution is 2.29. The SMILES string of the molecule is CCOc1ccc(CCN2C(=O)/C(=C\c3ccc(N(CC)CC)cc3)NC2=S)cc1OCC. The summed E-state index contributed by atoms with van der Waals surface area (Å²) in [6.07, 6.45) is 2.51. The zero-order chi connectivity index (χ0) is 23.8. The lowest BCUT2D eigenvalue weighted by Crippen LogP contribution is -2.32. The van der Waals surface area contributed by atoms with E-state index in [4.69, 9.17) is 21.7 Å². The van der Waals surface area contributed by atoms with Gasteiger partial charge in [-0.15, -0.1) is 0 Å². The molecule has 7 heteroatoms. The Hall–Kier alpha value is -3.06. The lowest BCUT2D eigenvalue weighted by atomic mass is 10.1. The molecule has 0 radical (unpaired) electrons. The molecule has 176 valence electrons. The molecule has 1 amide bonds. The first-order chi connectivity index (χ1) is 16.0. The molecule has 6 nitrogen and oxygen atoms in total. The molecule has 33 heavy (non-hydrogen) atoms. The maximum Gasteiger partial charge on any atom is 0.276 e. The Bertz CT molecular complexity index is 1000. The topological polar surface area (TPSA) is 54.0 Å². The molecule has 0 atom stereocenters. The fourth-order valence-electron chi connectivity index (χ4n) is 3.80. The summed E-state index contributed by atoms with van der Waals surface area (Å²) in [5.41, 5.74) is 3.69. The Balaban J connectivity index is 1.67. The van der Waals surface area contributed by atoms with Gasteiger partial charge in [0.2, 0.25) is 0 Å². The first-order valence-electron chi connectivity index (χ1n) is 11.6. The van der Waals surface area contributed by atoms with Crippen LogP contribution in [0.4, 0.5) is 5.69 Å². The zero-order valence-corrected chi connectivity index (χ0v) is 20.7. The number of ether oxygens (including phenoxy) is 2. The van der Waals surface area contributed by atoms with Crippen molar-refractivity contribution in [3.05, 3.63) is 59.3 Å². The molecule has 1 saturated heterocycles. The molecular formula is C26H33N3O3S. The van der Waals surface area contributed by atoms with Crippen LogP contribution in [-0.4, -0.2) is 48.8 Å². The van der Waals surface area contributed by atoms with Crippen LogP contribution in [0, 0.1) is 0 Å².